The molecule has 7 heavy (non-hydrogen) atoms. The number of aliphatic hydroxyl groups is 1. The maximum atomic E-state index is 8.89. The third-order valence-corrected chi connectivity index (χ3v) is 2.11. The highest BCUT2D eigenvalue weighted by atomic mass is 16.3. The van der Waals surface area contributed by atoms with Gasteiger partial charge in [-0.05, 0) is 18.3 Å². The molecule has 1 rings (SSSR count). The van der Waals surface area contributed by atoms with Crippen LogP contribution in [-0.2, 0) is 0 Å². The first-order valence-corrected chi connectivity index (χ1v) is 2.87. The van der Waals surface area contributed by atoms with Crippen molar-refractivity contribution in [2.75, 3.05) is 0 Å². The van der Waals surface area contributed by atoms with E-state index in [-0.39, 0.29) is 6.10 Å². The molecule has 1 N–H and O–H groups in total. The highest BCUT2D eigenvalue weighted by Crippen LogP contribution is 2.47. The van der Waals surface area contributed by atoms with Crippen molar-refractivity contribution in [1.82, 2.24) is 0 Å². The predicted molar refractivity (Wildman–Crippen MR) is 29.0 cm³/mol. The van der Waals surface area contributed by atoms with Crippen molar-refractivity contribution < 1.29 is 5.11 Å². The average molecular weight is 100 g/mol. The Morgan fingerprint density at radius 1 is 1.86 bits per heavy atom. The van der Waals surface area contributed by atoms with Gasteiger partial charge in [0.2, 0.25) is 0 Å². The van der Waals surface area contributed by atoms with Crippen molar-refractivity contribution in [3.05, 3.63) is 0 Å². The SMILES string of the molecule is CCC1(C)CC1O. The Labute approximate surface area is 44.4 Å². The highest BCUT2D eigenvalue weighted by Gasteiger charge is 2.46. The van der Waals surface area contributed by atoms with E-state index in [0.717, 1.165) is 12.8 Å². The van der Waals surface area contributed by atoms with E-state index < -0.39 is 0 Å². The first-order chi connectivity index (χ1) is 3.19. The first kappa shape index (κ1) is 5.10. The average Bonchev–Trinajstić information content (AvgIpc) is 2.18. The van der Waals surface area contributed by atoms with Gasteiger partial charge < -0.3 is 5.11 Å². The molecule has 1 heteroatoms. The van der Waals surface area contributed by atoms with Gasteiger partial charge in [0.05, 0.1) is 6.10 Å². The standard InChI is InChI=1S/C6H12O/c1-3-6(2)4-5(6)7/h5,7H,3-4H2,1-2H3. The fourth-order valence-corrected chi connectivity index (χ4v) is 0.763. The largest absolute Gasteiger partial charge is 0.393 e. The normalized spacial score (nSPS) is 49.3. The molecule has 1 aliphatic rings. The molecule has 1 nitrogen and oxygen atoms in total. The first-order valence-electron chi connectivity index (χ1n) is 2.87. The van der Waals surface area contributed by atoms with Gasteiger partial charge in [0.15, 0.2) is 0 Å². The number of rotatable bonds is 1. The summed E-state index contributed by atoms with van der Waals surface area (Å²) in [6.45, 7) is 4.24. The predicted octanol–water partition coefficient (Wildman–Crippen LogP) is 1.17. The third kappa shape index (κ3) is 0.653. The highest BCUT2D eigenvalue weighted by molar-refractivity contribution is 4.97. The van der Waals surface area contributed by atoms with Gasteiger partial charge in [-0.25, -0.2) is 0 Å². The van der Waals surface area contributed by atoms with Gasteiger partial charge in [-0.3, -0.25) is 0 Å². The van der Waals surface area contributed by atoms with E-state index >= 15 is 0 Å². The molecule has 1 fully saturated rings. The third-order valence-electron chi connectivity index (χ3n) is 2.11. The second kappa shape index (κ2) is 1.22. The molecule has 42 valence electrons. The van der Waals surface area contributed by atoms with E-state index in [4.69, 9.17) is 5.11 Å². The zero-order chi connectivity index (χ0) is 5.49. The molecule has 0 aromatic rings. The molecule has 0 aliphatic heterocycles. The van der Waals surface area contributed by atoms with Gasteiger partial charge in [0.1, 0.15) is 0 Å². The molecule has 1 saturated carbocycles. The minimum Gasteiger partial charge on any atom is -0.393 e. The summed E-state index contributed by atoms with van der Waals surface area (Å²) in [5.74, 6) is 0. The zero-order valence-electron chi connectivity index (χ0n) is 4.94. The van der Waals surface area contributed by atoms with Crippen molar-refractivity contribution in [3.8, 4) is 0 Å². The van der Waals surface area contributed by atoms with E-state index in [1.807, 2.05) is 0 Å². The molecule has 0 amide bonds. The van der Waals surface area contributed by atoms with Crippen molar-refractivity contribution >= 4 is 0 Å². The van der Waals surface area contributed by atoms with Crippen LogP contribution in [0.1, 0.15) is 26.7 Å². The van der Waals surface area contributed by atoms with Crippen LogP contribution in [0.3, 0.4) is 0 Å². The van der Waals surface area contributed by atoms with Crippen molar-refractivity contribution in [3.63, 3.8) is 0 Å². The smallest absolute Gasteiger partial charge is 0.0600 e. The van der Waals surface area contributed by atoms with Gasteiger partial charge in [-0.2, -0.15) is 0 Å². The van der Waals surface area contributed by atoms with Crippen LogP contribution >= 0.6 is 0 Å². The minimum atomic E-state index is 0.0116. The summed E-state index contributed by atoms with van der Waals surface area (Å²) in [5.41, 5.74) is 0.306. The van der Waals surface area contributed by atoms with Crippen molar-refractivity contribution in [2.45, 2.75) is 32.8 Å². The van der Waals surface area contributed by atoms with Gasteiger partial charge in [-0.15, -0.1) is 0 Å². The van der Waals surface area contributed by atoms with Crippen LogP contribution in [0.5, 0.6) is 0 Å². The molecular weight excluding hydrogens is 88.1 g/mol. The van der Waals surface area contributed by atoms with Crippen LogP contribution < -0.4 is 0 Å². The van der Waals surface area contributed by atoms with Crippen LogP contribution in [-0.4, -0.2) is 11.2 Å². The van der Waals surface area contributed by atoms with Crippen LogP contribution in [0.2, 0.25) is 0 Å². The lowest BCUT2D eigenvalue weighted by Gasteiger charge is -1.99. The molecule has 0 bridgehead atoms. The van der Waals surface area contributed by atoms with Gasteiger partial charge in [-0.1, -0.05) is 13.8 Å². The number of aliphatic hydroxyl groups excluding tert-OH is 1. The monoisotopic (exact) mass is 100 g/mol. The molecule has 1 aliphatic carbocycles. The fraction of sp³-hybridized carbons (Fsp3) is 1.00. The van der Waals surface area contributed by atoms with Crippen LogP contribution in [0.25, 0.3) is 0 Å². The van der Waals surface area contributed by atoms with Gasteiger partial charge >= 0.3 is 0 Å². The Bertz CT molecular complexity index is 76.2. The molecule has 2 atom stereocenters. The molecule has 0 radical (unpaired) electrons. The molecular formula is C6H12O. The summed E-state index contributed by atoms with van der Waals surface area (Å²) in [7, 11) is 0. The Balaban J connectivity index is 2.36. The van der Waals surface area contributed by atoms with Gasteiger partial charge in [0.25, 0.3) is 0 Å². The van der Waals surface area contributed by atoms with E-state index in [2.05, 4.69) is 13.8 Å². The van der Waals surface area contributed by atoms with E-state index in [1.165, 1.54) is 0 Å². The fourth-order valence-electron chi connectivity index (χ4n) is 0.763. The zero-order valence-corrected chi connectivity index (χ0v) is 4.94. The maximum absolute atomic E-state index is 8.89. The summed E-state index contributed by atoms with van der Waals surface area (Å²) < 4.78 is 0. The molecule has 2 unspecified atom stereocenters. The van der Waals surface area contributed by atoms with Crippen LogP contribution in [0, 0.1) is 5.41 Å². The second-order valence-corrected chi connectivity index (χ2v) is 2.73. The molecule has 0 saturated heterocycles. The van der Waals surface area contributed by atoms with E-state index in [0.29, 0.717) is 5.41 Å². The number of hydrogen-bond donors (Lipinski definition) is 1. The lowest BCUT2D eigenvalue weighted by molar-refractivity contribution is 0.225. The summed E-state index contributed by atoms with van der Waals surface area (Å²) in [6.07, 6.45) is 2.15. The quantitative estimate of drug-likeness (QED) is 0.524. The van der Waals surface area contributed by atoms with Crippen molar-refractivity contribution in [2.24, 2.45) is 5.41 Å². The van der Waals surface area contributed by atoms with Crippen molar-refractivity contribution in [1.29, 1.82) is 0 Å². The van der Waals surface area contributed by atoms with Crippen LogP contribution in [0.4, 0.5) is 0 Å². The molecule has 0 aromatic carbocycles. The topological polar surface area (TPSA) is 20.2 Å². The Kier molecular flexibility index (Phi) is 0.890. The molecule has 0 aromatic heterocycles. The van der Waals surface area contributed by atoms with Crippen LogP contribution in [0.15, 0.2) is 0 Å². The Hall–Kier alpha value is -0.0400. The molecule has 0 heterocycles. The minimum absolute atomic E-state index is 0.0116. The summed E-state index contributed by atoms with van der Waals surface area (Å²) >= 11 is 0. The van der Waals surface area contributed by atoms with E-state index in [9.17, 15) is 0 Å². The molecule has 0 spiro atoms. The lowest BCUT2D eigenvalue weighted by atomic mass is 10.1. The lowest BCUT2D eigenvalue weighted by Crippen LogP contribution is -1.96. The second-order valence-electron chi connectivity index (χ2n) is 2.73. The van der Waals surface area contributed by atoms with Gasteiger partial charge in [0, 0.05) is 0 Å². The maximum Gasteiger partial charge on any atom is 0.0600 e. The summed E-state index contributed by atoms with van der Waals surface area (Å²) in [6, 6.07) is 0. The summed E-state index contributed by atoms with van der Waals surface area (Å²) in [5, 5.41) is 8.89. The van der Waals surface area contributed by atoms with E-state index in [1.54, 1.807) is 0 Å². The summed E-state index contributed by atoms with van der Waals surface area (Å²) in [4.78, 5) is 0. The number of hydrogen-bond acceptors (Lipinski definition) is 1. The Morgan fingerprint density at radius 2 is 2.29 bits per heavy atom. The Morgan fingerprint density at radius 3 is 2.29 bits per heavy atom.